The number of aliphatic imine (C=N–C) groups is 1. The molecule has 1 aliphatic carbocycles. The van der Waals surface area contributed by atoms with Gasteiger partial charge in [0.1, 0.15) is 0 Å². The van der Waals surface area contributed by atoms with Crippen LogP contribution in [0.1, 0.15) is 45.1 Å². The Hall–Kier alpha value is -1.39. The van der Waals surface area contributed by atoms with Crippen molar-refractivity contribution in [3.05, 3.63) is 29.8 Å². The van der Waals surface area contributed by atoms with Gasteiger partial charge in [0.15, 0.2) is 5.96 Å². The van der Waals surface area contributed by atoms with Gasteiger partial charge >= 0.3 is 0 Å². The number of nitrogens with one attached hydrogen (secondary N) is 3. The van der Waals surface area contributed by atoms with E-state index in [4.69, 9.17) is 4.74 Å². The third kappa shape index (κ3) is 8.19. The van der Waals surface area contributed by atoms with Crippen LogP contribution in [-0.4, -0.2) is 62.7 Å². The average Bonchev–Trinajstić information content (AvgIpc) is 3.32. The van der Waals surface area contributed by atoms with Crippen molar-refractivity contribution in [3.8, 4) is 0 Å². The molecule has 0 aromatic heterocycles. The van der Waals surface area contributed by atoms with E-state index in [1.54, 1.807) is 7.05 Å². The number of anilines is 1. The molecule has 1 aliphatic heterocycles. The molecule has 7 nitrogen and oxygen atoms in total. The Morgan fingerprint density at radius 3 is 2.56 bits per heavy atom. The molecule has 1 heterocycles. The van der Waals surface area contributed by atoms with Crippen molar-refractivity contribution >= 4 is 41.5 Å². The van der Waals surface area contributed by atoms with E-state index in [1.165, 1.54) is 0 Å². The van der Waals surface area contributed by atoms with Crippen LogP contribution in [0.15, 0.2) is 29.3 Å². The fourth-order valence-electron chi connectivity index (χ4n) is 4.49. The normalized spacial score (nSPS) is 18.8. The first-order valence-corrected chi connectivity index (χ1v) is 11.7. The number of guanidine groups is 1. The number of hydrogen-bond donors (Lipinski definition) is 3. The summed E-state index contributed by atoms with van der Waals surface area (Å²) in [5.74, 6) is 1.66. The second-order valence-corrected chi connectivity index (χ2v) is 8.94. The minimum absolute atomic E-state index is 0. The minimum atomic E-state index is 0. The van der Waals surface area contributed by atoms with Gasteiger partial charge < -0.3 is 20.7 Å². The molecule has 32 heavy (non-hydrogen) atoms. The van der Waals surface area contributed by atoms with Gasteiger partial charge in [-0.05, 0) is 36.5 Å². The number of benzene rings is 1. The van der Waals surface area contributed by atoms with Crippen LogP contribution in [0, 0.1) is 11.8 Å². The molecule has 8 heteroatoms. The lowest BCUT2D eigenvalue weighted by Gasteiger charge is -2.37. The number of carbonyl (C=O) groups excluding carboxylic acids is 1. The fraction of sp³-hybridized carbons (Fsp3) is 0.667. The quantitative estimate of drug-likeness (QED) is 0.259. The Bertz CT molecular complexity index is 731. The molecule has 2 fully saturated rings. The molecule has 1 atom stereocenters. The molecule has 0 spiro atoms. The van der Waals surface area contributed by atoms with E-state index in [0.717, 1.165) is 75.7 Å². The molecular formula is C24H40IN5O2. The Morgan fingerprint density at radius 1 is 1.19 bits per heavy atom. The number of halogens is 1. The van der Waals surface area contributed by atoms with Crippen molar-refractivity contribution in [3.63, 3.8) is 0 Å². The summed E-state index contributed by atoms with van der Waals surface area (Å²) in [7, 11) is 1.80. The van der Waals surface area contributed by atoms with Crippen LogP contribution >= 0.6 is 24.0 Å². The SMILES string of the molecule is CN=C(NCc1cccc(NC(=O)C2CCCC2)c1)NCC(C(C)C)N1CCOCC1.I. The highest BCUT2D eigenvalue weighted by Crippen LogP contribution is 2.26. The van der Waals surface area contributed by atoms with Crippen LogP contribution in [0.25, 0.3) is 0 Å². The van der Waals surface area contributed by atoms with E-state index in [1.807, 2.05) is 18.2 Å². The Labute approximate surface area is 210 Å². The van der Waals surface area contributed by atoms with Crippen molar-refractivity contribution in [2.75, 3.05) is 45.2 Å². The molecule has 1 unspecified atom stereocenters. The maximum Gasteiger partial charge on any atom is 0.227 e. The van der Waals surface area contributed by atoms with Gasteiger partial charge in [-0.15, -0.1) is 24.0 Å². The Morgan fingerprint density at radius 2 is 1.91 bits per heavy atom. The maximum absolute atomic E-state index is 12.4. The van der Waals surface area contributed by atoms with E-state index in [0.29, 0.717) is 18.5 Å². The smallest absolute Gasteiger partial charge is 0.227 e. The average molecular weight is 558 g/mol. The number of ether oxygens (including phenoxy) is 1. The summed E-state index contributed by atoms with van der Waals surface area (Å²) in [4.78, 5) is 19.3. The number of morpholine rings is 1. The zero-order valence-corrected chi connectivity index (χ0v) is 22.1. The first-order valence-electron chi connectivity index (χ1n) is 11.7. The van der Waals surface area contributed by atoms with Gasteiger partial charge in [0.25, 0.3) is 0 Å². The zero-order valence-electron chi connectivity index (χ0n) is 19.7. The van der Waals surface area contributed by atoms with E-state index < -0.39 is 0 Å². The molecule has 0 bridgehead atoms. The summed E-state index contributed by atoms with van der Waals surface area (Å²) >= 11 is 0. The van der Waals surface area contributed by atoms with Crippen LogP contribution in [-0.2, 0) is 16.1 Å². The third-order valence-corrected chi connectivity index (χ3v) is 6.37. The summed E-state index contributed by atoms with van der Waals surface area (Å²) in [6.45, 7) is 9.61. The number of amides is 1. The fourth-order valence-corrected chi connectivity index (χ4v) is 4.49. The highest BCUT2D eigenvalue weighted by molar-refractivity contribution is 14.0. The van der Waals surface area contributed by atoms with Crippen molar-refractivity contribution in [1.82, 2.24) is 15.5 Å². The highest BCUT2D eigenvalue weighted by Gasteiger charge is 2.24. The Balaban J connectivity index is 0.00000363. The molecule has 1 aromatic carbocycles. The molecule has 1 saturated carbocycles. The number of carbonyl (C=O) groups is 1. The van der Waals surface area contributed by atoms with Gasteiger partial charge in [-0.2, -0.15) is 0 Å². The van der Waals surface area contributed by atoms with Crippen molar-refractivity contribution in [2.45, 2.75) is 52.1 Å². The first-order chi connectivity index (χ1) is 15.1. The monoisotopic (exact) mass is 557 g/mol. The molecule has 1 amide bonds. The third-order valence-electron chi connectivity index (χ3n) is 6.37. The highest BCUT2D eigenvalue weighted by atomic mass is 127. The summed E-state index contributed by atoms with van der Waals surface area (Å²) < 4.78 is 5.50. The largest absolute Gasteiger partial charge is 0.379 e. The number of nitrogens with zero attached hydrogens (tertiary/aromatic N) is 2. The summed E-state index contributed by atoms with van der Waals surface area (Å²) in [6.07, 6.45) is 4.35. The van der Waals surface area contributed by atoms with Crippen LogP contribution in [0.3, 0.4) is 0 Å². The first kappa shape index (κ1) is 26.9. The summed E-state index contributed by atoms with van der Waals surface area (Å²) in [6, 6.07) is 8.49. The van der Waals surface area contributed by atoms with E-state index >= 15 is 0 Å². The number of rotatable bonds is 8. The molecule has 3 N–H and O–H groups in total. The van der Waals surface area contributed by atoms with Crippen molar-refractivity contribution in [2.24, 2.45) is 16.8 Å². The van der Waals surface area contributed by atoms with Crippen molar-refractivity contribution < 1.29 is 9.53 Å². The van der Waals surface area contributed by atoms with E-state index in [-0.39, 0.29) is 35.8 Å². The van der Waals surface area contributed by atoms with Crippen LogP contribution in [0.2, 0.25) is 0 Å². The maximum atomic E-state index is 12.4. The molecule has 0 radical (unpaired) electrons. The van der Waals surface area contributed by atoms with Crippen LogP contribution in [0.5, 0.6) is 0 Å². The minimum Gasteiger partial charge on any atom is -0.379 e. The molecule has 2 aliphatic rings. The Kier molecular flexibility index (Phi) is 11.7. The van der Waals surface area contributed by atoms with E-state index in [9.17, 15) is 4.79 Å². The van der Waals surface area contributed by atoms with Crippen molar-refractivity contribution in [1.29, 1.82) is 0 Å². The van der Waals surface area contributed by atoms with Crippen LogP contribution in [0.4, 0.5) is 5.69 Å². The van der Waals surface area contributed by atoms with E-state index in [2.05, 4.69) is 45.8 Å². The molecule has 180 valence electrons. The van der Waals surface area contributed by atoms with Gasteiger partial charge in [-0.3, -0.25) is 14.7 Å². The number of hydrogen-bond acceptors (Lipinski definition) is 4. The predicted molar refractivity (Wildman–Crippen MR) is 142 cm³/mol. The van der Waals surface area contributed by atoms with Gasteiger partial charge in [0.05, 0.1) is 13.2 Å². The molecule has 3 rings (SSSR count). The molecule has 1 aromatic rings. The lowest BCUT2D eigenvalue weighted by molar-refractivity contribution is -0.119. The lowest BCUT2D eigenvalue weighted by atomic mass is 10.0. The molecular weight excluding hydrogens is 517 g/mol. The topological polar surface area (TPSA) is 78.0 Å². The lowest BCUT2D eigenvalue weighted by Crippen LogP contribution is -2.52. The van der Waals surface area contributed by atoms with Gasteiger partial charge in [-0.25, -0.2) is 0 Å². The van der Waals surface area contributed by atoms with Gasteiger partial charge in [-0.1, -0.05) is 38.8 Å². The second kappa shape index (κ2) is 14.0. The second-order valence-electron chi connectivity index (χ2n) is 8.94. The molecule has 1 saturated heterocycles. The standard InChI is InChI=1S/C24H39N5O2.HI/c1-18(2)22(29-11-13-31-14-12-29)17-27-24(25-3)26-16-19-7-6-10-21(15-19)28-23(30)20-8-4-5-9-20;/h6-7,10,15,18,20,22H,4-5,8-9,11-14,16-17H2,1-3H3,(H,28,30)(H2,25,26,27);1H. The van der Waals surface area contributed by atoms with Gasteiger partial charge in [0, 0.05) is 50.9 Å². The zero-order chi connectivity index (χ0) is 22.1. The predicted octanol–water partition coefficient (Wildman–Crippen LogP) is 3.46. The van der Waals surface area contributed by atoms with Crippen LogP contribution < -0.4 is 16.0 Å². The summed E-state index contributed by atoms with van der Waals surface area (Å²) in [5.41, 5.74) is 1.98. The van der Waals surface area contributed by atoms with Gasteiger partial charge in [0.2, 0.25) is 5.91 Å². The summed E-state index contributed by atoms with van der Waals surface area (Å²) in [5, 5.41) is 9.98.